The molecule has 0 saturated carbocycles. The lowest BCUT2D eigenvalue weighted by atomic mass is 10.2. The second-order valence-electron chi connectivity index (χ2n) is 3.36. The highest BCUT2D eigenvalue weighted by Gasteiger charge is 2.00. The fourth-order valence-corrected chi connectivity index (χ4v) is 1.65. The van der Waals surface area contributed by atoms with Gasteiger partial charge in [0.05, 0.1) is 0 Å². The van der Waals surface area contributed by atoms with Crippen LogP contribution in [0.25, 0.3) is 10.9 Å². The van der Waals surface area contributed by atoms with E-state index in [1.54, 1.807) is 0 Å². The Hall–Kier alpha value is -1.28. The largest absolute Gasteiger partial charge is 0.357 e. The predicted octanol–water partition coefficient (Wildman–Crippen LogP) is 2.20. The molecule has 2 N–H and O–H groups in total. The summed E-state index contributed by atoms with van der Waals surface area (Å²) in [6.07, 6.45) is 0. The third kappa shape index (κ3) is 1.45. The molecule has 0 fully saturated rings. The molecule has 0 spiro atoms. The molecule has 0 atom stereocenters. The van der Waals surface area contributed by atoms with Crippen molar-refractivity contribution in [2.45, 2.75) is 13.5 Å². The number of para-hydroxylation sites is 1. The molecule has 13 heavy (non-hydrogen) atoms. The summed E-state index contributed by atoms with van der Waals surface area (Å²) in [6.45, 7) is 3.02. The zero-order valence-corrected chi connectivity index (χ0v) is 8.02. The maximum Gasteiger partial charge on any atom is 0.0486 e. The van der Waals surface area contributed by atoms with Crippen molar-refractivity contribution in [1.29, 1.82) is 0 Å². The molecule has 2 nitrogen and oxygen atoms in total. The molecule has 0 radical (unpaired) electrons. The van der Waals surface area contributed by atoms with Crippen LogP contribution in [0.2, 0.25) is 0 Å². The first-order chi connectivity index (χ1) is 6.31. The Morgan fingerprint density at radius 3 is 2.92 bits per heavy atom. The lowest BCUT2D eigenvalue weighted by molar-refractivity contribution is 0.799. The summed E-state index contributed by atoms with van der Waals surface area (Å²) < 4.78 is 0. The van der Waals surface area contributed by atoms with Gasteiger partial charge >= 0.3 is 0 Å². The molecule has 0 amide bonds. The molecule has 0 aliphatic rings. The number of fused-ring (bicyclic) bond motifs is 1. The molecule has 0 aliphatic heterocycles. The van der Waals surface area contributed by atoms with Crippen LogP contribution in [0.1, 0.15) is 11.3 Å². The van der Waals surface area contributed by atoms with E-state index in [2.05, 4.69) is 41.5 Å². The lowest BCUT2D eigenvalue weighted by Crippen LogP contribution is -2.04. The van der Waals surface area contributed by atoms with Gasteiger partial charge in [-0.1, -0.05) is 18.2 Å². The van der Waals surface area contributed by atoms with Crippen molar-refractivity contribution >= 4 is 10.9 Å². The normalized spacial score (nSPS) is 10.9. The number of hydrogen-bond acceptors (Lipinski definition) is 1. The van der Waals surface area contributed by atoms with E-state index in [0.717, 1.165) is 6.54 Å². The Bertz CT molecular complexity index is 415. The number of H-pyrrole nitrogens is 1. The molecular formula is C11H14N2. The van der Waals surface area contributed by atoms with Gasteiger partial charge in [-0.15, -0.1) is 0 Å². The number of nitrogens with one attached hydrogen (secondary N) is 2. The summed E-state index contributed by atoms with van der Waals surface area (Å²) in [6, 6.07) is 8.55. The highest BCUT2D eigenvalue weighted by molar-refractivity contribution is 5.83. The molecule has 2 heteroatoms. The second kappa shape index (κ2) is 3.23. The topological polar surface area (TPSA) is 27.8 Å². The summed E-state index contributed by atoms with van der Waals surface area (Å²) in [4.78, 5) is 3.40. The Morgan fingerprint density at radius 2 is 2.23 bits per heavy atom. The van der Waals surface area contributed by atoms with Crippen molar-refractivity contribution in [2.24, 2.45) is 0 Å². The molecule has 2 aromatic rings. The van der Waals surface area contributed by atoms with Crippen molar-refractivity contribution in [3.63, 3.8) is 0 Å². The Morgan fingerprint density at radius 1 is 1.38 bits per heavy atom. The van der Waals surface area contributed by atoms with Gasteiger partial charge in [0.15, 0.2) is 0 Å². The van der Waals surface area contributed by atoms with Gasteiger partial charge in [0.25, 0.3) is 0 Å². The van der Waals surface area contributed by atoms with Gasteiger partial charge in [0, 0.05) is 17.8 Å². The molecule has 1 aromatic heterocycles. The maximum atomic E-state index is 3.40. The molecule has 1 aromatic carbocycles. The van der Waals surface area contributed by atoms with Gasteiger partial charge in [-0.2, -0.15) is 0 Å². The standard InChI is InChI=1S/C11H14N2/c1-8-4-3-5-9-6-10(7-12-2)13-11(8)9/h3-6,12-13H,7H2,1-2H3. The number of rotatable bonds is 2. The lowest BCUT2D eigenvalue weighted by Gasteiger charge is -1.94. The van der Waals surface area contributed by atoms with Crippen molar-refractivity contribution in [1.82, 2.24) is 10.3 Å². The molecule has 0 unspecified atom stereocenters. The number of aromatic nitrogens is 1. The Balaban J connectivity index is 2.55. The average Bonchev–Trinajstić information content (AvgIpc) is 2.49. The summed E-state index contributed by atoms with van der Waals surface area (Å²) in [7, 11) is 1.96. The minimum atomic E-state index is 0.897. The number of aryl methyl sites for hydroxylation is 1. The first-order valence-electron chi connectivity index (χ1n) is 4.53. The summed E-state index contributed by atoms with van der Waals surface area (Å²) in [5.74, 6) is 0. The van der Waals surface area contributed by atoms with Crippen LogP contribution in [-0.2, 0) is 6.54 Å². The van der Waals surface area contributed by atoms with Crippen LogP contribution in [-0.4, -0.2) is 12.0 Å². The SMILES string of the molecule is CNCc1cc2cccc(C)c2[nH]1. The number of aromatic amines is 1. The third-order valence-corrected chi connectivity index (χ3v) is 2.29. The minimum Gasteiger partial charge on any atom is -0.357 e. The van der Waals surface area contributed by atoms with Crippen LogP contribution in [0, 0.1) is 6.92 Å². The second-order valence-corrected chi connectivity index (χ2v) is 3.36. The van der Waals surface area contributed by atoms with E-state index >= 15 is 0 Å². The monoisotopic (exact) mass is 174 g/mol. The van der Waals surface area contributed by atoms with Crippen LogP contribution >= 0.6 is 0 Å². The third-order valence-electron chi connectivity index (χ3n) is 2.29. The van der Waals surface area contributed by atoms with E-state index < -0.39 is 0 Å². The van der Waals surface area contributed by atoms with Gasteiger partial charge in [-0.3, -0.25) is 0 Å². The Kier molecular flexibility index (Phi) is 2.07. The van der Waals surface area contributed by atoms with Crippen LogP contribution in [0.4, 0.5) is 0 Å². The van der Waals surface area contributed by atoms with Crippen molar-refractivity contribution in [3.8, 4) is 0 Å². The fraction of sp³-hybridized carbons (Fsp3) is 0.273. The van der Waals surface area contributed by atoms with E-state index in [4.69, 9.17) is 0 Å². The maximum absolute atomic E-state index is 3.40. The van der Waals surface area contributed by atoms with Crippen molar-refractivity contribution in [2.75, 3.05) is 7.05 Å². The van der Waals surface area contributed by atoms with E-state index in [0.29, 0.717) is 0 Å². The van der Waals surface area contributed by atoms with Gasteiger partial charge in [0.1, 0.15) is 0 Å². The number of benzene rings is 1. The molecule has 2 rings (SSSR count). The van der Waals surface area contributed by atoms with Crippen LogP contribution < -0.4 is 5.32 Å². The zero-order chi connectivity index (χ0) is 9.26. The van der Waals surface area contributed by atoms with Crippen molar-refractivity contribution in [3.05, 3.63) is 35.5 Å². The fourth-order valence-electron chi connectivity index (χ4n) is 1.65. The molecular weight excluding hydrogens is 160 g/mol. The Labute approximate surface area is 78.0 Å². The van der Waals surface area contributed by atoms with E-state index in [9.17, 15) is 0 Å². The molecule has 0 bridgehead atoms. The van der Waals surface area contributed by atoms with E-state index in [-0.39, 0.29) is 0 Å². The predicted molar refractivity (Wildman–Crippen MR) is 55.8 cm³/mol. The molecule has 68 valence electrons. The van der Waals surface area contributed by atoms with E-state index in [1.807, 2.05) is 7.05 Å². The molecule has 1 heterocycles. The van der Waals surface area contributed by atoms with Crippen LogP contribution in [0.3, 0.4) is 0 Å². The van der Waals surface area contributed by atoms with E-state index in [1.165, 1.54) is 22.2 Å². The smallest absolute Gasteiger partial charge is 0.0486 e. The summed E-state index contributed by atoms with van der Waals surface area (Å²) >= 11 is 0. The number of hydrogen-bond donors (Lipinski definition) is 2. The van der Waals surface area contributed by atoms with Gasteiger partial charge in [0.2, 0.25) is 0 Å². The zero-order valence-electron chi connectivity index (χ0n) is 8.02. The highest BCUT2D eigenvalue weighted by atomic mass is 14.9. The molecule has 0 aliphatic carbocycles. The van der Waals surface area contributed by atoms with Gasteiger partial charge in [-0.05, 0) is 31.0 Å². The van der Waals surface area contributed by atoms with Gasteiger partial charge < -0.3 is 10.3 Å². The summed E-state index contributed by atoms with van der Waals surface area (Å²) in [5, 5.41) is 4.43. The molecule has 0 saturated heterocycles. The van der Waals surface area contributed by atoms with Crippen molar-refractivity contribution < 1.29 is 0 Å². The first-order valence-corrected chi connectivity index (χ1v) is 4.53. The minimum absolute atomic E-state index is 0.897. The quantitative estimate of drug-likeness (QED) is 0.717. The first kappa shape index (κ1) is 8.32. The highest BCUT2D eigenvalue weighted by Crippen LogP contribution is 2.18. The van der Waals surface area contributed by atoms with Crippen LogP contribution in [0.5, 0.6) is 0 Å². The average molecular weight is 174 g/mol. The van der Waals surface area contributed by atoms with Gasteiger partial charge in [-0.25, -0.2) is 0 Å². The summed E-state index contributed by atoms with van der Waals surface area (Å²) in [5.41, 5.74) is 3.81. The van der Waals surface area contributed by atoms with Crippen LogP contribution in [0.15, 0.2) is 24.3 Å².